The van der Waals surface area contributed by atoms with Crippen LogP contribution >= 0.6 is 0 Å². The number of methoxy groups -OCH3 is 2. The Labute approximate surface area is 164 Å². The summed E-state index contributed by atoms with van der Waals surface area (Å²) >= 11 is 0. The van der Waals surface area contributed by atoms with Gasteiger partial charge in [-0.2, -0.15) is 0 Å². The van der Waals surface area contributed by atoms with E-state index in [2.05, 4.69) is 0 Å². The van der Waals surface area contributed by atoms with Gasteiger partial charge in [0.25, 0.3) is 0 Å². The summed E-state index contributed by atoms with van der Waals surface area (Å²) in [6.45, 7) is -0.0259. The van der Waals surface area contributed by atoms with E-state index in [1.54, 1.807) is 36.4 Å². The lowest BCUT2D eigenvalue weighted by Gasteiger charge is -2.19. The van der Waals surface area contributed by atoms with E-state index in [4.69, 9.17) is 18.9 Å². The lowest BCUT2D eigenvalue weighted by atomic mass is 9.88. The monoisotopic (exact) mass is 396 g/mol. The molecule has 4 rings (SSSR count). The summed E-state index contributed by atoms with van der Waals surface area (Å²) in [6, 6.07) is 9.92. The SMILES string of the molecule is COc1ccc(-c2c(C(=O)O)c(C(=O)O)c(OC)c3ccc4c(c23)OCO4)cc1. The molecule has 8 nitrogen and oxygen atoms in total. The Morgan fingerprint density at radius 1 is 0.897 bits per heavy atom. The molecule has 0 spiro atoms. The van der Waals surface area contributed by atoms with Gasteiger partial charge >= 0.3 is 11.9 Å². The van der Waals surface area contributed by atoms with E-state index < -0.39 is 23.1 Å². The summed E-state index contributed by atoms with van der Waals surface area (Å²) in [5.74, 6) is -1.51. The van der Waals surface area contributed by atoms with Crippen molar-refractivity contribution in [2.75, 3.05) is 21.0 Å². The van der Waals surface area contributed by atoms with Crippen LogP contribution in [0.1, 0.15) is 20.7 Å². The summed E-state index contributed by atoms with van der Waals surface area (Å²) < 4.78 is 21.6. The summed E-state index contributed by atoms with van der Waals surface area (Å²) in [7, 11) is 2.81. The highest BCUT2D eigenvalue weighted by Crippen LogP contribution is 2.50. The van der Waals surface area contributed by atoms with Crippen LogP contribution in [0.3, 0.4) is 0 Å². The summed E-state index contributed by atoms with van der Waals surface area (Å²) in [4.78, 5) is 24.3. The zero-order valence-electron chi connectivity index (χ0n) is 15.5. The highest BCUT2D eigenvalue weighted by atomic mass is 16.7. The second-order valence-electron chi connectivity index (χ2n) is 6.22. The van der Waals surface area contributed by atoms with E-state index in [9.17, 15) is 19.8 Å². The Bertz CT molecular complexity index is 1150. The standard InChI is InChI=1S/C21H16O8/c1-26-11-5-3-10(4-6-11)14-15-12(7-8-13-19(15)29-9-28-13)18(27-2)17(21(24)25)16(14)20(22)23/h3-8H,9H2,1-2H3,(H,22,23)(H,24,25). The largest absolute Gasteiger partial charge is 0.497 e. The summed E-state index contributed by atoms with van der Waals surface area (Å²) in [6.07, 6.45) is 0. The number of hydrogen-bond donors (Lipinski definition) is 2. The van der Waals surface area contributed by atoms with E-state index in [0.29, 0.717) is 33.6 Å². The number of carboxylic acid groups (broad SMARTS) is 2. The van der Waals surface area contributed by atoms with E-state index >= 15 is 0 Å². The molecule has 1 aliphatic heterocycles. The van der Waals surface area contributed by atoms with Crippen molar-refractivity contribution < 1.29 is 38.7 Å². The van der Waals surface area contributed by atoms with Crippen LogP contribution in [-0.4, -0.2) is 43.2 Å². The molecule has 8 heteroatoms. The average Bonchev–Trinajstić information content (AvgIpc) is 3.20. The van der Waals surface area contributed by atoms with Crippen LogP contribution in [0.4, 0.5) is 0 Å². The molecule has 29 heavy (non-hydrogen) atoms. The molecule has 0 radical (unpaired) electrons. The lowest BCUT2D eigenvalue weighted by molar-refractivity contribution is 0.0649. The predicted octanol–water partition coefficient (Wildman–Crippen LogP) is 3.65. The molecule has 0 aliphatic carbocycles. The molecule has 148 valence electrons. The van der Waals surface area contributed by atoms with Gasteiger partial charge in [0.15, 0.2) is 11.5 Å². The number of benzene rings is 3. The minimum Gasteiger partial charge on any atom is -0.497 e. The quantitative estimate of drug-likeness (QED) is 0.672. The number of rotatable bonds is 5. The normalized spacial score (nSPS) is 12.1. The van der Waals surface area contributed by atoms with E-state index in [-0.39, 0.29) is 18.1 Å². The Hall–Kier alpha value is -3.94. The van der Waals surface area contributed by atoms with Gasteiger partial charge in [-0.05, 0) is 29.8 Å². The second kappa shape index (κ2) is 6.90. The van der Waals surface area contributed by atoms with Crippen molar-refractivity contribution in [1.29, 1.82) is 0 Å². The van der Waals surface area contributed by atoms with Gasteiger partial charge in [0.05, 0.1) is 19.8 Å². The van der Waals surface area contributed by atoms with Crippen molar-refractivity contribution in [1.82, 2.24) is 0 Å². The first-order valence-corrected chi connectivity index (χ1v) is 8.55. The Morgan fingerprint density at radius 2 is 1.59 bits per heavy atom. The Balaban J connectivity index is 2.24. The van der Waals surface area contributed by atoms with E-state index in [0.717, 1.165) is 0 Å². The molecule has 0 bridgehead atoms. The molecular formula is C21H16O8. The van der Waals surface area contributed by atoms with Gasteiger partial charge in [-0.25, -0.2) is 9.59 Å². The number of carboxylic acids is 2. The third-order valence-corrected chi connectivity index (χ3v) is 4.77. The van der Waals surface area contributed by atoms with Gasteiger partial charge in [0.2, 0.25) is 6.79 Å². The first kappa shape index (κ1) is 18.4. The van der Waals surface area contributed by atoms with Crippen LogP contribution in [0.5, 0.6) is 23.0 Å². The Kier molecular flexibility index (Phi) is 4.38. The predicted molar refractivity (Wildman–Crippen MR) is 103 cm³/mol. The van der Waals surface area contributed by atoms with Crippen molar-refractivity contribution in [3.05, 3.63) is 47.5 Å². The fourth-order valence-electron chi connectivity index (χ4n) is 3.58. The minimum atomic E-state index is -1.41. The second-order valence-corrected chi connectivity index (χ2v) is 6.22. The molecule has 0 aromatic heterocycles. The van der Waals surface area contributed by atoms with Crippen LogP contribution < -0.4 is 18.9 Å². The van der Waals surface area contributed by atoms with Gasteiger partial charge < -0.3 is 29.2 Å². The molecule has 0 saturated heterocycles. The van der Waals surface area contributed by atoms with Gasteiger partial charge in [-0.1, -0.05) is 12.1 Å². The van der Waals surface area contributed by atoms with Gasteiger partial charge in [0, 0.05) is 16.3 Å². The zero-order valence-corrected chi connectivity index (χ0v) is 15.5. The maximum Gasteiger partial charge on any atom is 0.340 e. The topological polar surface area (TPSA) is 112 Å². The highest BCUT2D eigenvalue weighted by molar-refractivity contribution is 6.19. The van der Waals surface area contributed by atoms with Crippen LogP contribution in [0.15, 0.2) is 36.4 Å². The fourth-order valence-corrected chi connectivity index (χ4v) is 3.58. The molecule has 3 aromatic carbocycles. The van der Waals surface area contributed by atoms with Crippen molar-refractivity contribution in [2.45, 2.75) is 0 Å². The minimum absolute atomic E-state index is 0.0259. The maximum atomic E-state index is 12.2. The number of aromatic carboxylic acids is 2. The van der Waals surface area contributed by atoms with Crippen molar-refractivity contribution in [3.8, 4) is 34.1 Å². The van der Waals surface area contributed by atoms with E-state index in [1.807, 2.05) is 0 Å². The van der Waals surface area contributed by atoms with E-state index in [1.165, 1.54) is 14.2 Å². The molecule has 0 saturated carbocycles. The summed E-state index contributed by atoms with van der Waals surface area (Å²) in [5, 5.41) is 20.6. The van der Waals surface area contributed by atoms with Crippen molar-refractivity contribution >= 4 is 22.7 Å². The molecule has 3 aromatic rings. The van der Waals surface area contributed by atoms with Gasteiger partial charge in [0.1, 0.15) is 17.1 Å². The molecule has 1 heterocycles. The lowest BCUT2D eigenvalue weighted by Crippen LogP contribution is -2.13. The van der Waals surface area contributed by atoms with Gasteiger partial charge in [-0.15, -0.1) is 0 Å². The molecule has 0 atom stereocenters. The third-order valence-electron chi connectivity index (χ3n) is 4.77. The fraction of sp³-hybridized carbons (Fsp3) is 0.143. The highest BCUT2D eigenvalue weighted by Gasteiger charge is 2.32. The first-order valence-electron chi connectivity index (χ1n) is 8.55. The maximum absolute atomic E-state index is 12.2. The molecule has 2 N–H and O–H groups in total. The average molecular weight is 396 g/mol. The number of hydrogen-bond acceptors (Lipinski definition) is 6. The zero-order chi connectivity index (χ0) is 20.7. The van der Waals surface area contributed by atoms with Crippen LogP contribution in [0.25, 0.3) is 21.9 Å². The smallest absolute Gasteiger partial charge is 0.340 e. The summed E-state index contributed by atoms with van der Waals surface area (Å²) in [5.41, 5.74) is -0.133. The van der Waals surface area contributed by atoms with Crippen LogP contribution in [-0.2, 0) is 0 Å². The number of ether oxygens (including phenoxy) is 4. The molecule has 0 fully saturated rings. The number of carbonyl (C=O) groups is 2. The molecular weight excluding hydrogens is 380 g/mol. The van der Waals surface area contributed by atoms with Crippen molar-refractivity contribution in [2.24, 2.45) is 0 Å². The Morgan fingerprint density at radius 3 is 2.17 bits per heavy atom. The first-order chi connectivity index (χ1) is 14.0. The molecule has 0 amide bonds. The molecule has 0 unspecified atom stereocenters. The van der Waals surface area contributed by atoms with Gasteiger partial charge in [-0.3, -0.25) is 0 Å². The van der Waals surface area contributed by atoms with Crippen LogP contribution in [0.2, 0.25) is 0 Å². The number of fused-ring (bicyclic) bond motifs is 3. The molecule has 1 aliphatic rings. The van der Waals surface area contributed by atoms with Crippen LogP contribution in [0, 0.1) is 0 Å². The van der Waals surface area contributed by atoms with Crippen molar-refractivity contribution in [3.63, 3.8) is 0 Å². The third kappa shape index (κ3) is 2.77.